The molecular formula is C19H24N4OS. The molecule has 0 radical (unpaired) electrons. The van der Waals surface area contributed by atoms with E-state index >= 15 is 0 Å². The van der Waals surface area contributed by atoms with Crippen LogP contribution in [0, 0.1) is 5.92 Å². The zero-order chi connectivity index (χ0) is 17.4. The number of rotatable bonds is 5. The number of hydrogen-bond acceptors (Lipinski definition) is 5. The summed E-state index contributed by atoms with van der Waals surface area (Å²) in [5.41, 5.74) is 4.06. The number of nitrogens with one attached hydrogen (secondary N) is 1. The van der Waals surface area contributed by atoms with Crippen molar-refractivity contribution in [2.75, 3.05) is 12.8 Å². The summed E-state index contributed by atoms with van der Waals surface area (Å²) in [6, 6.07) is 8.95. The topological polar surface area (TPSA) is 58.0 Å². The lowest BCUT2D eigenvalue weighted by Crippen LogP contribution is -2.37. The highest BCUT2D eigenvalue weighted by Gasteiger charge is 2.33. The summed E-state index contributed by atoms with van der Waals surface area (Å²) < 4.78 is 5.47. The van der Waals surface area contributed by atoms with Crippen molar-refractivity contribution in [1.82, 2.24) is 20.0 Å². The van der Waals surface area contributed by atoms with E-state index in [4.69, 9.17) is 4.52 Å². The number of fused-ring (bicyclic) bond motifs is 3. The number of H-pyrrole nitrogens is 1. The largest absolute Gasteiger partial charge is 0.357 e. The van der Waals surface area contributed by atoms with Gasteiger partial charge in [-0.2, -0.15) is 16.7 Å². The first-order valence-electron chi connectivity index (χ1n) is 8.81. The van der Waals surface area contributed by atoms with E-state index < -0.39 is 0 Å². The fraction of sp³-hybridized carbons (Fsp3) is 0.474. The SMILES string of the molecule is CSCc1noc(CN2CCc3c([nH]c4ccccc34)[C@@H]2C(C)C)n1. The van der Waals surface area contributed by atoms with Crippen LogP contribution in [-0.2, 0) is 18.7 Å². The van der Waals surface area contributed by atoms with Gasteiger partial charge in [0.05, 0.1) is 18.3 Å². The molecule has 6 heteroatoms. The van der Waals surface area contributed by atoms with Gasteiger partial charge < -0.3 is 9.51 Å². The fourth-order valence-corrected chi connectivity index (χ4v) is 4.34. The van der Waals surface area contributed by atoms with Crippen LogP contribution in [0.1, 0.15) is 42.9 Å². The monoisotopic (exact) mass is 356 g/mol. The van der Waals surface area contributed by atoms with Crippen LogP contribution in [0.5, 0.6) is 0 Å². The first kappa shape index (κ1) is 16.7. The van der Waals surface area contributed by atoms with E-state index in [2.05, 4.69) is 58.1 Å². The zero-order valence-corrected chi connectivity index (χ0v) is 15.8. The molecule has 132 valence electrons. The maximum absolute atomic E-state index is 5.47. The van der Waals surface area contributed by atoms with Gasteiger partial charge in [0.1, 0.15) is 0 Å². The van der Waals surface area contributed by atoms with Crippen LogP contribution >= 0.6 is 11.8 Å². The number of nitrogens with zero attached hydrogens (tertiary/aromatic N) is 3. The maximum atomic E-state index is 5.47. The summed E-state index contributed by atoms with van der Waals surface area (Å²) in [6.45, 7) is 6.29. The van der Waals surface area contributed by atoms with Crippen LogP contribution < -0.4 is 0 Å². The first-order chi connectivity index (χ1) is 12.2. The number of para-hydroxylation sites is 1. The molecule has 0 aliphatic carbocycles. The molecule has 25 heavy (non-hydrogen) atoms. The predicted molar refractivity (Wildman–Crippen MR) is 102 cm³/mol. The molecule has 4 rings (SSSR count). The number of aromatic nitrogens is 3. The van der Waals surface area contributed by atoms with Gasteiger partial charge in [-0.1, -0.05) is 37.2 Å². The van der Waals surface area contributed by atoms with Crippen LogP contribution in [0.3, 0.4) is 0 Å². The van der Waals surface area contributed by atoms with E-state index in [9.17, 15) is 0 Å². The average Bonchev–Trinajstić information content (AvgIpc) is 3.18. The molecule has 3 heterocycles. The van der Waals surface area contributed by atoms with Gasteiger partial charge in [0, 0.05) is 23.1 Å². The van der Waals surface area contributed by atoms with E-state index in [0.717, 1.165) is 24.5 Å². The minimum atomic E-state index is 0.340. The Kier molecular flexibility index (Phi) is 4.56. The lowest BCUT2D eigenvalue weighted by molar-refractivity contribution is 0.117. The van der Waals surface area contributed by atoms with Crippen molar-refractivity contribution in [3.8, 4) is 0 Å². The van der Waals surface area contributed by atoms with Crippen molar-refractivity contribution in [2.24, 2.45) is 5.92 Å². The fourth-order valence-electron chi connectivity index (χ4n) is 3.97. The Labute approximate surface area is 152 Å². The Morgan fingerprint density at radius 1 is 1.36 bits per heavy atom. The molecule has 0 saturated carbocycles. The summed E-state index contributed by atoms with van der Waals surface area (Å²) in [4.78, 5) is 10.7. The molecule has 1 N–H and O–H groups in total. The van der Waals surface area contributed by atoms with Crippen LogP contribution in [0.4, 0.5) is 0 Å². The van der Waals surface area contributed by atoms with Gasteiger partial charge in [-0.3, -0.25) is 4.90 Å². The van der Waals surface area contributed by atoms with E-state index in [1.165, 1.54) is 22.2 Å². The second-order valence-corrected chi connectivity index (χ2v) is 7.88. The number of aromatic amines is 1. The Bertz CT molecular complexity index is 869. The third-order valence-electron chi connectivity index (χ3n) is 4.94. The second kappa shape index (κ2) is 6.84. The highest BCUT2D eigenvalue weighted by molar-refractivity contribution is 7.97. The molecule has 1 aromatic carbocycles. The van der Waals surface area contributed by atoms with Crippen molar-refractivity contribution in [1.29, 1.82) is 0 Å². The minimum Gasteiger partial charge on any atom is -0.357 e. The molecule has 0 fully saturated rings. The third-order valence-corrected chi connectivity index (χ3v) is 5.49. The molecule has 2 aromatic heterocycles. The molecule has 0 bridgehead atoms. The highest BCUT2D eigenvalue weighted by Crippen LogP contribution is 2.38. The standard InChI is InChI=1S/C19H24N4OS/c1-12(2)19-18-14(13-6-4-5-7-15(13)20-18)8-9-23(19)10-17-21-16(11-25-3)22-24-17/h4-7,12,19-20H,8-11H2,1-3H3/t19-/m0/s1. The van der Waals surface area contributed by atoms with Crippen molar-refractivity contribution in [3.05, 3.63) is 47.2 Å². The Hall–Kier alpha value is -1.79. The van der Waals surface area contributed by atoms with Crippen LogP contribution in [0.15, 0.2) is 28.8 Å². The van der Waals surface area contributed by atoms with Crippen molar-refractivity contribution in [2.45, 2.75) is 38.6 Å². The highest BCUT2D eigenvalue weighted by atomic mass is 32.2. The van der Waals surface area contributed by atoms with Crippen molar-refractivity contribution in [3.63, 3.8) is 0 Å². The molecule has 1 aliphatic rings. The maximum Gasteiger partial charge on any atom is 0.240 e. The summed E-state index contributed by atoms with van der Waals surface area (Å²) in [6.07, 6.45) is 3.10. The molecule has 1 aliphatic heterocycles. The quantitative estimate of drug-likeness (QED) is 0.743. The van der Waals surface area contributed by atoms with Gasteiger partial charge in [0.25, 0.3) is 0 Å². The lowest BCUT2D eigenvalue weighted by Gasteiger charge is -2.37. The van der Waals surface area contributed by atoms with Crippen molar-refractivity contribution < 1.29 is 4.52 Å². The zero-order valence-electron chi connectivity index (χ0n) is 15.0. The summed E-state index contributed by atoms with van der Waals surface area (Å²) in [5, 5.41) is 5.44. The molecular weight excluding hydrogens is 332 g/mol. The Balaban J connectivity index is 1.65. The van der Waals surface area contributed by atoms with E-state index in [1.807, 2.05) is 6.26 Å². The Morgan fingerprint density at radius 2 is 2.20 bits per heavy atom. The molecule has 1 atom stereocenters. The van der Waals surface area contributed by atoms with E-state index in [0.29, 0.717) is 24.4 Å². The molecule has 0 amide bonds. The van der Waals surface area contributed by atoms with E-state index in [1.54, 1.807) is 11.8 Å². The van der Waals surface area contributed by atoms with Gasteiger partial charge in [-0.05, 0) is 30.2 Å². The number of thioether (sulfide) groups is 1. The Morgan fingerprint density at radius 3 is 3.00 bits per heavy atom. The van der Waals surface area contributed by atoms with E-state index in [-0.39, 0.29) is 0 Å². The summed E-state index contributed by atoms with van der Waals surface area (Å²) in [5.74, 6) is 2.80. The van der Waals surface area contributed by atoms with Gasteiger partial charge in [0.2, 0.25) is 5.89 Å². The van der Waals surface area contributed by atoms with Gasteiger partial charge in [0.15, 0.2) is 5.82 Å². The van der Waals surface area contributed by atoms with Gasteiger partial charge >= 0.3 is 0 Å². The predicted octanol–water partition coefficient (Wildman–Crippen LogP) is 4.17. The number of hydrogen-bond donors (Lipinski definition) is 1. The molecule has 0 unspecified atom stereocenters. The van der Waals surface area contributed by atoms with Gasteiger partial charge in [-0.15, -0.1) is 0 Å². The molecule has 3 aromatic rings. The van der Waals surface area contributed by atoms with Crippen LogP contribution in [-0.4, -0.2) is 32.8 Å². The van der Waals surface area contributed by atoms with Crippen LogP contribution in [0.2, 0.25) is 0 Å². The third kappa shape index (κ3) is 3.09. The molecule has 5 nitrogen and oxygen atoms in total. The van der Waals surface area contributed by atoms with Gasteiger partial charge in [-0.25, -0.2) is 0 Å². The van der Waals surface area contributed by atoms with Crippen molar-refractivity contribution >= 4 is 22.7 Å². The molecule has 0 spiro atoms. The smallest absolute Gasteiger partial charge is 0.240 e. The number of benzene rings is 1. The normalized spacial score (nSPS) is 18.2. The first-order valence-corrected chi connectivity index (χ1v) is 10.2. The second-order valence-electron chi connectivity index (χ2n) is 7.01. The lowest BCUT2D eigenvalue weighted by atomic mass is 9.90. The van der Waals surface area contributed by atoms with Crippen LogP contribution in [0.25, 0.3) is 10.9 Å². The minimum absolute atomic E-state index is 0.340. The molecule has 0 saturated heterocycles. The summed E-state index contributed by atoms with van der Waals surface area (Å²) in [7, 11) is 0. The summed E-state index contributed by atoms with van der Waals surface area (Å²) >= 11 is 1.71. The average molecular weight is 356 g/mol.